The van der Waals surface area contributed by atoms with Gasteiger partial charge in [-0.05, 0) is 26.0 Å². The molecule has 0 aliphatic carbocycles. The highest BCUT2D eigenvalue weighted by Gasteiger charge is 2.10. The van der Waals surface area contributed by atoms with Gasteiger partial charge in [0.2, 0.25) is 5.76 Å². The summed E-state index contributed by atoms with van der Waals surface area (Å²) in [5.41, 5.74) is 0. The summed E-state index contributed by atoms with van der Waals surface area (Å²) in [5.74, 6) is 1.02. The number of unbranched alkanes of at least 4 members (excludes halogenated alkanes) is 9. The van der Waals surface area contributed by atoms with Gasteiger partial charge in [0, 0.05) is 5.41 Å². The van der Waals surface area contributed by atoms with E-state index in [1.54, 1.807) is 24.1 Å². The van der Waals surface area contributed by atoms with Gasteiger partial charge in [-0.1, -0.05) is 64.7 Å². The number of carbonyl (C=O) groups is 1. The minimum atomic E-state index is -0.357. The molecule has 0 aromatic carbocycles. The minimum absolute atomic E-state index is 0.339. The third kappa shape index (κ3) is 14.7. The van der Waals surface area contributed by atoms with Crippen LogP contribution in [0.3, 0.4) is 0 Å². The van der Waals surface area contributed by atoms with Crippen molar-refractivity contribution in [3.05, 3.63) is 11.2 Å². The molecule has 0 aliphatic heterocycles. The lowest BCUT2D eigenvalue weighted by atomic mass is 10.1. The van der Waals surface area contributed by atoms with Crippen LogP contribution in [0.25, 0.3) is 0 Å². The third-order valence-corrected chi connectivity index (χ3v) is 4.49. The van der Waals surface area contributed by atoms with Crippen LogP contribution in [0.5, 0.6) is 0 Å². The van der Waals surface area contributed by atoms with E-state index in [1.807, 2.05) is 6.92 Å². The van der Waals surface area contributed by atoms with Gasteiger partial charge in [-0.2, -0.15) is 0 Å². The lowest BCUT2D eigenvalue weighted by molar-refractivity contribution is -0.142. The number of thioether (sulfide) groups is 1. The lowest BCUT2D eigenvalue weighted by Gasteiger charge is -2.07. The van der Waals surface area contributed by atoms with Crippen LogP contribution in [0, 0.1) is 0 Å². The van der Waals surface area contributed by atoms with Gasteiger partial charge in [0.25, 0.3) is 0 Å². The molecule has 0 saturated carbocycles. The molecule has 0 aromatic heterocycles. The first kappa shape index (κ1) is 22.4. The second-order valence-corrected chi connectivity index (χ2v) is 6.67. The average Bonchev–Trinajstić information content (AvgIpc) is 2.55. The predicted octanol–water partition coefficient (Wildman–Crippen LogP) is 6.08. The summed E-state index contributed by atoms with van der Waals surface area (Å²) in [4.78, 5) is 11.6. The molecule has 0 N–H and O–H groups in total. The Bertz CT molecular complexity index is 303. The van der Waals surface area contributed by atoms with Crippen LogP contribution >= 0.6 is 11.8 Å². The Labute approximate surface area is 147 Å². The predicted molar refractivity (Wildman–Crippen MR) is 101 cm³/mol. The second-order valence-electron chi connectivity index (χ2n) is 5.69. The topological polar surface area (TPSA) is 35.5 Å². The molecule has 0 heterocycles. The summed E-state index contributed by atoms with van der Waals surface area (Å²) >= 11 is 1.65. The maximum atomic E-state index is 11.6. The van der Waals surface area contributed by atoms with E-state index in [0.29, 0.717) is 19.0 Å². The molecule has 0 saturated heterocycles. The summed E-state index contributed by atoms with van der Waals surface area (Å²) in [6.45, 7) is 6.81. The van der Waals surface area contributed by atoms with Crippen molar-refractivity contribution in [1.82, 2.24) is 0 Å². The summed E-state index contributed by atoms with van der Waals surface area (Å²) in [6, 6.07) is 0. The first-order chi connectivity index (χ1) is 11.3. The smallest absolute Gasteiger partial charge is 0.374 e. The molecule has 0 aromatic rings. The molecule has 23 heavy (non-hydrogen) atoms. The quantitative estimate of drug-likeness (QED) is 0.147. The van der Waals surface area contributed by atoms with E-state index < -0.39 is 0 Å². The molecule has 0 amide bonds. The van der Waals surface area contributed by atoms with Crippen molar-refractivity contribution in [2.75, 3.05) is 19.0 Å². The molecule has 136 valence electrons. The number of hydrogen-bond acceptors (Lipinski definition) is 4. The van der Waals surface area contributed by atoms with Gasteiger partial charge in [-0.3, -0.25) is 0 Å². The highest BCUT2D eigenvalue weighted by molar-refractivity contribution is 8.02. The van der Waals surface area contributed by atoms with Crippen LogP contribution in [0.15, 0.2) is 11.2 Å². The second kappa shape index (κ2) is 17.7. The zero-order valence-electron chi connectivity index (χ0n) is 15.4. The van der Waals surface area contributed by atoms with Crippen LogP contribution in [0.4, 0.5) is 0 Å². The Morgan fingerprint density at radius 1 is 0.783 bits per heavy atom. The molecular weight excluding hydrogens is 308 g/mol. The molecule has 0 fully saturated rings. The maximum Gasteiger partial charge on any atom is 0.374 e. The van der Waals surface area contributed by atoms with Crippen molar-refractivity contribution < 1.29 is 14.3 Å². The van der Waals surface area contributed by atoms with E-state index in [4.69, 9.17) is 9.47 Å². The maximum absolute atomic E-state index is 11.6. The van der Waals surface area contributed by atoms with E-state index >= 15 is 0 Å². The van der Waals surface area contributed by atoms with Crippen LogP contribution in [0.1, 0.15) is 85.0 Å². The van der Waals surface area contributed by atoms with Crippen molar-refractivity contribution >= 4 is 17.7 Å². The zero-order chi connectivity index (χ0) is 17.2. The highest BCUT2D eigenvalue weighted by Crippen LogP contribution is 2.15. The molecule has 0 atom stereocenters. The van der Waals surface area contributed by atoms with Gasteiger partial charge in [-0.25, -0.2) is 4.79 Å². The fourth-order valence-electron chi connectivity index (χ4n) is 2.31. The molecular formula is C19H36O3S. The van der Waals surface area contributed by atoms with Crippen LogP contribution < -0.4 is 0 Å². The summed E-state index contributed by atoms with van der Waals surface area (Å²) in [5, 5.41) is 1.80. The normalized spacial score (nSPS) is 11.5. The SMILES string of the molecule is CCCCCCCCCCCCSC=C(OCC)C(=O)OCC. The number of esters is 1. The molecule has 0 spiro atoms. The Morgan fingerprint density at radius 2 is 1.30 bits per heavy atom. The number of hydrogen-bond donors (Lipinski definition) is 0. The largest absolute Gasteiger partial charge is 0.486 e. The van der Waals surface area contributed by atoms with Crippen LogP contribution in [-0.4, -0.2) is 24.9 Å². The van der Waals surface area contributed by atoms with Gasteiger partial charge in [0.1, 0.15) is 0 Å². The molecule has 0 bridgehead atoms. The fraction of sp³-hybridized carbons (Fsp3) is 0.842. The van der Waals surface area contributed by atoms with Gasteiger partial charge < -0.3 is 9.47 Å². The molecule has 0 aliphatic rings. The van der Waals surface area contributed by atoms with E-state index in [1.165, 1.54) is 64.2 Å². The zero-order valence-corrected chi connectivity index (χ0v) is 16.2. The van der Waals surface area contributed by atoms with Gasteiger partial charge in [0.15, 0.2) is 0 Å². The van der Waals surface area contributed by atoms with E-state index in [0.717, 1.165) is 5.75 Å². The monoisotopic (exact) mass is 344 g/mol. The van der Waals surface area contributed by atoms with Gasteiger partial charge in [0.05, 0.1) is 13.2 Å². The van der Waals surface area contributed by atoms with Crippen molar-refractivity contribution in [1.29, 1.82) is 0 Å². The fourth-order valence-corrected chi connectivity index (χ4v) is 3.11. The first-order valence-corrected chi connectivity index (χ1v) is 10.4. The van der Waals surface area contributed by atoms with Crippen LogP contribution in [0.2, 0.25) is 0 Å². The molecule has 0 unspecified atom stereocenters. The summed E-state index contributed by atoms with van der Waals surface area (Å²) in [7, 11) is 0. The van der Waals surface area contributed by atoms with E-state index in [9.17, 15) is 4.79 Å². The number of ether oxygens (including phenoxy) is 2. The van der Waals surface area contributed by atoms with Crippen molar-refractivity contribution in [3.8, 4) is 0 Å². The number of carbonyl (C=O) groups excluding carboxylic acids is 1. The third-order valence-electron chi connectivity index (χ3n) is 3.58. The van der Waals surface area contributed by atoms with Crippen molar-refractivity contribution in [2.24, 2.45) is 0 Å². The Morgan fingerprint density at radius 3 is 1.83 bits per heavy atom. The molecule has 0 rings (SSSR count). The summed E-state index contributed by atoms with van der Waals surface area (Å²) < 4.78 is 10.3. The Kier molecular flexibility index (Phi) is 17.2. The van der Waals surface area contributed by atoms with Crippen LogP contribution in [-0.2, 0) is 14.3 Å². The molecule has 3 nitrogen and oxygen atoms in total. The minimum Gasteiger partial charge on any atom is -0.486 e. The number of rotatable bonds is 16. The molecule has 4 heteroatoms. The highest BCUT2D eigenvalue weighted by atomic mass is 32.2. The van der Waals surface area contributed by atoms with E-state index in [-0.39, 0.29) is 5.97 Å². The Hall–Kier alpha value is -0.640. The van der Waals surface area contributed by atoms with Gasteiger partial charge >= 0.3 is 5.97 Å². The van der Waals surface area contributed by atoms with Gasteiger partial charge in [-0.15, -0.1) is 11.8 Å². The summed E-state index contributed by atoms with van der Waals surface area (Å²) in [6.07, 6.45) is 13.5. The van der Waals surface area contributed by atoms with Crippen molar-refractivity contribution in [3.63, 3.8) is 0 Å². The molecule has 0 radical (unpaired) electrons. The average molecular weight is 345 g/mol. The Balaban J connectivity index is 3.54. The van der Waals surface area contributed by atoms with Crippen molar-refractivity contribution in [2.45, 2.75) is 85.0 Å². The lowest BCUT2D eigenvalue weighted by Crippen LogP contribution is -2.10. The standard InChI is InChI=1S/C19H36O3S/c1-4-7-8-9-10-11-12-13-14-15-16-23-17-18(21-5-2)19(20)22-6-3/h17H,4-16H2,1-3H3. The first-order valence-electron chi connectivity index (χ1n) is 9.37. The van der Waals surface area contributed by atoms with E-state index in [2.05, 4.69) is 6.92 Å².